The molecule has 0 spiro atoms. The van der Waals surface area contributed by atoms with Gasteiger partial charge in [0.25, 0.3) is 0 Å². The molecule has 0 aliphatic carbocycles. The van der Waals surface area contributed by atoms with Gasteiger partial charge in [-0.1, -0.05) is 22.0 Å². The van der Waals surface area contributed by atoms with Crippen molar-refractivity contribution < 1.29 is 14.7 Å². The number of carbonyl (C=O) groups excluding carboxylic acids is 1. The largest absolute Gasteiger partial charge is 0.481 e. The normalized spacial score (nSPS) is 20.4. The minimum atomic E-state index is -0.821. The third-order valence-corrected chi connectivity index (χ3v) is 4.22. The van der Waals surface area contributed by atoms with Gasteiger partial charge in [-0.25, -0.2) is 0 Å². The van der Waals surface area contributed by atoms with Gasteiger partial charge in [0.05, 0.1) is 11.6 Å². The van der Waals surface area contributed by atoms with Gasteiger partial charge in [0.1, 0.15) is 0 Å². The fourth-order valence-electron chi connectivity index (χ4n) is 2.78. The summed E-state index contributed by atoms with van der Waals surface area (Å²) in [4.78, 5) is 24.6. The third kappa shape index (κ3) is 1.98. The summed E-state index contributed by atoms with van der Waals surface area (Å²) in [6.07, 6.45) is 4.85. The van der Waals surface area contributed by atoms with E-state index >= 15 is 0 Å². The van der Waals surface area contributed by atoms with Gasteiger partial charge in [-0.2, -0.15) is 0 Å². The van der Waals surface area contributed by atoms with E-state index in [0.717, 1.165) is 27.7 Å². The fourth-order valence-corrected chi connectivity index (χ4v) is 3.13. The highest BCUT2D eigenvalue weighted by molar-refractivity contribution is 9.10. The number of carboxylic acid groups (broad SMARTS) is 1. The Labute approximate surface area is 124 Å². The highest BCUT2D eigenvalue weighted by atomic mass is 79.9. The number of benzene rings is 1. The molecule has 5 heteroatoms. The summed E-state index contributed by atoms with van der Waals surface area (Å²) in [5, 5.41) is 9.30. The number of allylic oxidation sites excluding steroid dienone is 3. The van der Waals surface area contributed by atoms with Gasteiger partial charge in [0.2, 0.25) is 0 Å². The Kier molecular flexibility index (Phi) is 3.22. The molecule has 3 rings (SSSR count). The van der Waals surface area contributed by atoms with Crippen LogP contribution in [0, 0.1) is 5.92 Å². The average Bonchev–Trinajstić information content (AvgIpc) is 2.78. The maximum Gasteiger partial charge on any atom is 0.312 e. The topological polar surface area (TPSA) is 57.6 Å². The zero-order chi connectivity index (χ0) is 14.3. The van der Waals surface area contributed by atoms with Gasteiger partial charge in [0.15, 0.2) is 6.29 Å². The molecule has 0 amide bonds. The molecular weight excluding hydrogens is 322 g/mol. The predicted molar refractivity (Wildman–Crippen MR) is 79.4 cm³/mol. The van der Waals surface area contributed by atoms with Crippen LogP contribution < -0.4 is 4.90 Å². The standard InChI is InChI=1S/C15H12BrNO3/c16-10-2-3-11-9(8-18)1-4-13-12(15(19)20)5-6-17(13)14(11)7-10/h1-4,7-8,12H,5-6H2,(H,19,20). The first-order valence-corrected chi connectivity index (χ1v) is 7.08. The molecule has 0 saturated carbocycles. The van der Waals surface area contributed by atoms with Crippen LogP contribution in [0.1, 0.15) is 12.0 Å². The Morgan fingerprint density at radius 3 is 2.90 bits per heavy atom. The molecule has 1 unspecified atom stereocenters. The van der Waals surface area contributed by atoms with Crippen LogP contribution in [0.2, 0.25) is 0 Å². The van der Waals surface area contributed by atoms with E-state index in [4.69, 9.17) is 0 Å². The lowest BCUT2D eigenvalue weighted by atomic mass is 10.0. The van der Waals surface area contributed by atoms with E-state index < -0.39 is 11.9 Å². The van der Waals surface area contributed by atoms with Crippen molar-refractivity contribution in [3.05, 3.63) is 46.1 Å². The minimum absolute atomic E-state index is 0.510. The van der Waals surface area contributed by atoms with Gasteiger partial charge < -0.3 is 10.0 Å². The first-order chi connectivity index (χ1) is 9.61. The number of hydrogen-bond acceptors (Lipinski definition) is 3. The van der Waals surface area contributed by atoms with E-state index in [1.54, 1.807) is 12.2 Å². The van der Waals surface area contributed by atoms with Crippen LogP contribution in [0.5, 0.6) is 0 Å². The molecule has 20 heavy (non-hydrogen) atoms. The van der Waals surface area contributed by atoms with Crippen LogP contribution in [-0.2, 0) is 9.59 Å². The molecule has 1 atom stereocenters. The molecule has 1 aromatic rings. The van der Waals surface area contributed by atoms with Gasteiger partial charge in [-0.15, -0.1) is 0 Å². The third-order valence-electron chi connectivity index (χ3n) is 3.73. The van der Waals surface area contributed by atoms with E-state index in [-0.39, 0.29) is 0 Å². The second-order valence-electron chi connectivity index (χ2n) is 4.82. The van der Waals surface area contributed by atoms with Gasteiger partial charge in [-0.05, 0) is 30.7 Å². The molecule has 2 heterocycles. The number of carboxylic acids is 1. The molecule has 2 aliphatic heterocycles. The van der Waals surface area contributed by atoms with E-state index in [2.05, 4.69) is 15.9 Å². The Bertz CT molecular complexity index is 663. The van der Waals surface area contributed by atoms with Gasteiger partial charge in [-0.3, -0.25) is 9.59 Å². The highest BCUT2D eigenvalue weighted by Crippen LogP contribution is 2.40. The lowest BCUT2D eigenvalue weighted by Gasteiger charge is -2.23. The SMILES string of the molecule is O=CC1=CC=C2C(C(=O)O)CCN2c2cc(Br)ccc21. The van der Waals surface area contributed by atoms with Crippen molar-refractivity contribution >= 4 is 39.4 Å². The average molecular weight is 334 g/mol. The summed E-state index contributed by atoms with van der Waals surface area (Å²) in [6, 6.07) is 5.69. The quantitative estimate of drug-likeness (QED) is 0.845. The second kappa shape index (κ2) is 4.90. The van der Waals surface area contributed by atoms with Crippen LogP contribution in [0.15, 0.2) is 40.5 Å². The lowest BCUT2D eigenvalue weighted by molar-refractivity contribution is -0.140. The van der Waals surface area contributed by atoms with E-state index in [1.807, 2.05) is 23.1 Å². The molecule has 0 aromatic heterocycles. The van der Waals surface area contributed by atoms with Crippen LogP contribution in [0.3, 0.4) is 0 Å². The minimum Gasteiger partial charge on any atom is -0.481 e. The molecule has 0 bridgehead atoms. The number of carbonyl (C=O) groups is 2. The molecule has 1 N–H and O–H groups in total. The number of aliphatic carboxylic acids is 1. The van der Waals surface area contributed by atoms with Crippen LogP contribution >= 0.6 is 15.9 Å². The van der Waals surface area contributed by atoms with Crippen molar-refractivity contribution in [1.82, 2.24) is 0 Å². The Hall–Kier alpha value is -1.88. The fraction of sp³-hybridized carbons (Fsp3) is 0.200. The lowest BCUT2D eigenvalue weighted by Crippen LogP contribution is -2.20. The first kappa shape index (κ1) is 13.1. The Morgan fingerprint density at radius 1 is 1.40 bits per heavy atom. The van der Waals surface area contributed by atoms with Gasteiger partial charge in [0, 0.05) is 27.9 Å². The van der Waals surface area contributed by atoms with Crippen LogP contribution in [-0.4, -0.2) is 23.9 Å². The molecule has 1 fully saturated rings. The van der Waals surface area contributed by atoms with Crippen molar-refractivity contribution in [2.45, 2.75) is 6.42 Å². The van der Waals surface area contributed by atoms with Crippen molar-refractivity contribution in [3.63, 3.8) is 0 Å². The number of halogens is 1. The summed E-state index contributed by atoms with van der Waals surface area (Å²) in [6.45, 7) is 0.645. The molecule has 1 aromatic carbocycles. The number of fused-ring (bicyclic) bond motifs is 3. The molecule has 102 valence electrons. The predicted octanol–water partition coefficient (Wildman–Crippen LogP) is 2.84. The Balaban J connectivity index is 2.19. The first-order valence-electron chi connectivity index (χ1n) is 6.29. The van der Waals surface area contributed by atoms with Crippen LogP contribution in [0.25, 0.3) is 5.57 Å². The van der Waals surface area contributed by atoms with E-state index in [1.165, 1.54) is 0 Å². The molecular formula is C15H12BrNO3. The second-order valence-corrected chi connectivity index (χ2v) is 5.74. The molecule has 2 aliphatic rings. The van der Waals surface area contributed by atoms with E-state index in [0.29, 0.717) is 18.5 Å². The monoisotopic (exact) mass is 333 g/mol. The smallest absolute Gasteiger partial charge is 0.312 e. The van der Waals surface area contributed by atoms with E-state index in [9.17, 15) is 14.7 Å². The molecule has 0 radical (unpaired) electrons. The number of aldehydes is 1. The maximum absolute atomic E-state index is 11.3. The number of nitrogens with zero attached hydrogens (tertiary/aromatic N) is 1. The number of rotatable bonds is 2. The number of anilines is 1. The highest BCUT2D eigenvalue weighted by Gasteiger charge is 2.35. The van der Waals surface area contributed by atoms with Crippen molar-refractivity contribution in [3.8, 4) is 0 Å². The zero-order valence-electron chi connectivity index (χ0n) is 10.5. The van der Waals surface area contributed by atoms with Gasteiger partial charge >= 0.3 is 5.97 Å². The summed E-state index contributed by atoms with van der Waals surface area (Å²) < 4.78 is 0.904. The summed E-state index contributed by atoms with van der Waals surface area (Å²) >= 11 is 3.43. The Morgan fingerprint density at radius 2 is 2.20 bits per heavy atom. The summed E-state index contributed by atoms with van der Waals surface area (Å²) in [7, 11) is 0. The number of hydrogen-bond donors (Lipinski definition) is 1. The van der Waals surface area contributed by atoms with Crippen molar-refractivity contribution in [2.75, 3.05) is 11.4 Å². The van der Waals surface area contributed by atoms with Crippen molar-refractivity contribution in [2.24, 2.45) is 5.92 Å². The van der Waals surface area contributed by atoms with Crippen LogP contribution in [0.4, 0.5) is 5.69 Å². The zero-order valence-corrected chi connectivity index (χ0v) is 12.1. The molecule has 4 nitrogen and oxygen atoms in total. The maximum atomic E-state index is 11.3. The summed E-state index contributed by atoms with van der Waals surface area (Å²) in [5.41, 5.74) is 3.03. The molecule has 1 saturated heterocycles. The summed E-state index contributed by atoms with van der Waals surface area (Å²) in [5.74, 6) is -1.33. The van der Waals surface area contributed by atoms with Crippen molar-refractivity contribution in [1.29, 1.82) is 0 Å².